The van der Waals surface area contributed by atoms with E-state index in [1.165, 1.54) is 0 Å². The maximum atomic E-state index is 12.7. The summed E-state index contributed by atoms with van der Waals surface area (Å²) in [7, 11) is 0. The van der Waals surface area contributed by atoms with Crippen LogP contribution in [-0.2, 0) is 4.79 Å². The van der Waals surface area contributed by atoms with E-state index in [1.807, 2.05) is 25.1 Å². The second-order valence-corrected chi connectivity index (χ2v) is 7.44. The molecule has 5 nitrogen and oxygen atoms in total. The van der Waals surface area contributed by atoms with Crippen LogP contribution in [0.4, 0.5) is 11.4 Å². The van der Waals surface area contributed by atoms with Gasteiger partial charge in [0.2, 0.25) is 5.91 Å². The first-order chi connectivity index (χ1) is 13.0. The summed E-state index contributed by atoms with van der Waals surface area (Å²) >= 11 is 0. The summed E-state index contributed by atoms with van der Waals surface area (Å²) in [6, 6.07) is 14.4. The van der Waals surface area contributed by atoms with E-state index in [0.717, 1.165) is 12.0 Å². The van der Waals surface area contributed by atoms with Crippen LogP contribution >= 0.6 is 12.4 Å². The van der Waals surface area contributed by atoms with E-state index < -0.39 is 0 Å². The molecule has 2 aliphatic rings. The maximum Gasteiger partial charge on any atom is 0.255 e. The number of hydrogen-bond acceptors (Lipinski definition) is 3. The molecule has 0 radical (unpaired) electrons. The summed E-state index contributed by atoms with van der Waals surface area (Å²) in [6.07, 6.45) is 5.20. The third-order valence-corrected chi connectivity index (χ3v) is 5.52. The highest BCUT2D eigenvalue weighted by Gasteiger charge is 2.46. The fourth-order valence-corrected chi connectivity index (χ4v) is 4.04. The Bertz CT molecular complexity index is 910. The molecule has 1 saturated carbocycles. The summed E-state index contributed by atoms with van der Waals surface area (Å²) in [5.74, 6) is 0.117. The number of nitrogens with one attached hydrogen (secondary N) is 2. The zero-order valence-electron chi connectivity index (χ0n) is 15.6. The van der Waals surface area contributed by atoms with Crippen molar-refractivity contribution in [2.24, 2.45) is 23.5 Å². The Hall–Kier alpha value is -2.63. The first-order valence-corrected chi connectivity index (χ1v) is 9.24. The number of rotatable bonds is 4. The van der Waals surface area contributed by atoms with Gasteiger partial charge in [-0.2, -0.15) is 0 Å². The van der Waals surface area contributed by atoms with E-state index in [4.69, 9.17) is 5.73 Å². The molecule has 2 aromatic carbocycles. The average molecular weight is 398 g/mol. The smallest absolute Gasteiger partial charge is 0.255 e. The van der Waals surface area contributed by atoms with Crippen molar-refractivity contribution in [3.8, 4) is 0 Å². The van der Waals surface area contributed by atoms with Crippen molar-refractivity contribution in [3.05, 3.63) is 71.8 Å². The van der Waals surface area contributed by atoms with Crippen molar-refractivity contribution >= 4 is 35.6 Å². The Morgan fingerprint density at radius 3 is 2.25 bits per heavy atom. The standard InChI is InChI=1S/C22H23N3O2.ClH/c1-13-5-7-14(8-6-13)21(26)24-17-3-2-4-18(12-17)25-22(27)19-15-9-10-16(11-15)20(19)23;/h2-10,12,15-16,19-20H,11,23H2,1H3,(H,24,26)(H,25,27);1H/t15-,16+,19-,20+;/m1./s1. The van der Waals surface area contributed by atoms with E-state index in [2.05, 4.69) is 22.8 Å². The van der Waals surface area contributed by atoms with Gasteiger partial charge in [0, 0.05) is 23.0 Å². The Morgan fingerprint density at radius 1 is 0.964 bits per heavy atom. The van der Waals surface area contributed by atoms with Gasteiger partial charge in [0.25, 0.3) is 5.91 Å². The van der Waals surface area contributed by atoms with E-state index in [1.54, 1.807) is 30.3 Å². The van der Waals surface area contributed by atoms with E-state index in [9.17, 15) is 9.59 Å². The fourth-order valence-electron chi connectivity index (χ4n) is 4.04. The van der Waals surface area contributed by atoms with Crippen LogP contribution in [0.3, 0.4) is 0 Å². The molecule has 4 atom stereocenters. The summed E-state index contributed by atoms with van der Waals surface area (Å²) in [5, 5.41) is 5.83. The lowest BCUT2D eigenvalue weighted by atomic mass is 9.88. The van der Waals surface area contributed by atoms with Crippen LogP contribution in [0.1, 0.15) is 22.3 Å². The Labute approximate surface area is 170 Å². The highest BCUT2D eigenvalue weighted by atomic mass is 35.5. The lowest BCUT2D eigenvalue weighted by Gasteiger charge is -2.23. The number of fused-ring (bicyclic) bond motifs is 2. The van der Waals surface area contributed by atoms with Crippen LogP contribution in [0, 0.1) is 24.7 Å². The topological polar surface area (TPSA) is 84.2 Å². The number of hydrogen-bond donors (Lipinski definition) is 3. The van der Waals surface area contributed by atoms with Crippen molar-refractivity contribution in [1.29, 1.82) is 0 Å². The molecule has 2 aromatic rings. The maximum absolute atomic E-state index is 12.7. The SMILES string of the molecule is Cc1ccc(C(=O)Nc2cccc(NC(=O)[C@H]3[C@@H](N)[C@H]4C=C[C@@H]3C4)c2)cc1.Cl. The largest absolute Gasteiger partial charge is 0.326 e. The predicted molar refractivity (Wildman–Crippen MR) is 114 cm³/mol. The molecule has 28 heavy (non-hydrogen) atoms. The van der Waals surface area contributed by atoms with Gasteiger partial charge in [-0.05, 0) is 55.5 Å². The third kappa shape index (κ3) is 3.96. The van der Waals surface area contributed by atoms with Crippen molar-refractivity contribution in [3.63, 3.8) is 0 Å². The van der Waals surface area contributed by atoms with Crippen molar-refractivity contribution in [2.45, 2.75) is 19.4 Å². The quantitative estimate of drug-likeness (QED) is 0.687. The lowest BCUT2D eigenvalue weighted by molar-refractivity contribution is -0.120. The Morgan fingerprint density at radius 2 is 1.61 bits per heavy atom. The molecule has 1 fully saturated rings. The lowest BCUT2D eigenvalue weighted by Crippen LogP contribution is -2.41. The van der Waals surface area contributed by atoms with Gasteiger partial charge in [-0.25, -0.2) is 0 Å². The summed E-state index contributed by atoms with van der Waals surface area (Å²) in [6.45, 7) is 1.98. The number of carbonyl (C=O) groups excluding carboxylic acids is 2. The fraction of sp³-hybridized carbons (Fsp3) is 0.273. The molecule has 0 unspecified atom stereocenters. The first-order valence-electron chi connectivity index (χ1n) is 9.24. The molecule has 0 aliphatic heterocycles. The minimum atomic E-state index is -0.189. The number of allylic oxidation sites excluding steroid dienone is 1. The highest BCUT2D eigenvalue weighted by molar-refractivity contribution is 6.04. The number of nitrogens with two attached hydrogens (primary N) is 1. The van der Waals surface area contributed by atoms with Gasteiger partial charge in [0.1, 0.15) is 0 Å². The number of carbonyl (C=O) groups is 2. The normalized spacial score (nSPS) is 24.5. The zero-order chi connectivity index (χ0) is 19.0. The number of halogens is 1. The second kappa shape index (κ2) is 8.17. The summed E-state index contributed by atoms with van der Waals surface area (Å²) in [4.78, 5) is 25.1. The molecular weight excluding hydrogens is 374 g/mol. The number of amides is 2. The molecule has 2 bridgehead atoms. The molecular formula is C22H24ClN3O2. The van der Waals surface area contributed by atoms with Gasteiger partial charge in [0.15, 0.2) is 0 Å². The number of aryl methyl sites for hydroxylation is 1. The monoisotopic (exact) mass is 397 g/mol. The average Bonchev–Trinajstić information content (AvgIpc) is 3.23. The molecule has 0 aromatic heterocycles. The zero-order valence-corrected chi connectivity index (χ0v) is 16.4. The second-order valence-electron chi connectivity index (χ2n) is 7.44. The van der Waals surface area contributed by atoms with Crippen molar-refractivity contribution < 1.29 is 9.59 Å². The van der Waals surface area contributed by atoms with Gasteiger partial charge in [-0.15, -0.1) is 12.4 Å². The third-order valence-electron chi connectivity index (χ3n) is 5.52. The molecule has 2 amide bonds. The minimum absolute atomic E-state index is 0. The van der Waals surface area contributed by atoms with E-state index in [0.29, 0.717) is 22.9 Å². The van der Waals surface area contributed by atoms with Gasteiger partial charge >= 0.3 is 0 Å². The van der Waals surface area contributed by atoms with Crippen LogP contribution in [0.25, 0.3) is 0 Å². The molecule has 146 valence electrons. The molecule has 0 spiro atoms. The van der Waals surface area contributed by atoms with Gasteiger partial charge in [-0.3, -0.25) is 9.59 Å². The Kier molecular flexibility index (Phi) is 5.87. The first kappa shape index (κ1) is 20.1. The summed E-state index contributed by atoms with van der Waals surface area (Å²) in [5.41, 5.74) is 9.20. The van der Waals surface area contributed by atoms with Crippen molar-refractivity contribution in [2.75, 3.05) is 10.6 Å². The van der Waals surface area contributed by atoms with Crippen LogP contribution in [0.5, 0.6) is 0 Å². The number of benzene rings is 2. The van der Waals surface area contributed by atoms with Gasteiger partial charge < -0.3 is 16.4 Å². The minimum Gasteiger partial charge on any atom is -0.326 e. The van der Waals surface area contributed by atoms with Crippen LogP contribution in [0.2, 0.25) is 0 Å². The van der Waals surface area contributed by atoms with E-state index >= 15 is 0 Å². The molecule has 6 heteroatoms. The van der Waals surface area contributed by atoms with Crippen LogP contribution < -0.4 is 16.4 Å². The van der Waals surface area contributed by atoms with Crippen molar-refractivity contribution in [1.82, 2.24) is 0 Å². The van der Waals surface area contributed by atoms with Crippen LogP contribution in [0.15, 0.2) is 60.7 Å². The Balaban J connectivity index is 0.00000225. The van der Waals surface area contributed by atoms with Gasteiger partial charge in [-0.1, -0.05) is 35.9 Å². The predicted octanol–water partition coefficient (Wildman–Crippen LogP) is 3.76. The van der Waals surface area contributed by atoms with Gasteiger partial charge in [0.05, 0.1) is 5.92 Å². The highest BCUT2D eigenvalue weighted by Crippen LogP contribution is 2.43. The molecule has 2 aliphatic carbocycles. The number of anilines is 2. The summed E-state index contributed by atoms with van der Waals surface area (Å²) < 4.78 is 0. The molecule has 4 N–H and O–H groups in total. The van der Waals surface area contributed by atoms with Crippen LogP contribution in [-0.4, -0.2) is 17.9 Å². The molecule has 0 heterocycles. The molecule has 4 rings (SSSR count). The van der Waals surface area contributed by atoms with E-state index in [-0.39, 0.29) is 42.1 Å². The molecule has 0 saturated heterocycles.